The van der Waals surface area contributed by atoms with Crippen LogP contribution in [-0.4, -0.2) is 55.0 Å². The molecule has 3 rings (SSSR count). The molecule has 0 fully saturated rings. The van der Waals surface area contributed by atoms with E-state index in [-0.39, 0.29) is 40.3 Å². The van der Waals surface area contributed by atoms with Crippen molar-refractivity contribution >= 4 is 23.0 Å². The maximum atomic E-state index is 12.8. The number of rotatable bonds is 10. The first-order valence-electron chi connectivity index (χ1n) is 10.8. The Kier molecular flexibility index (Phi) is 7.23. The third kappa shape index (κ3) is 5.09. The van der Waals surface area contributed by atoms with Gasteiger partial charge in [0.15, 0.2) is 5.75 Å². The number of likely N-dealkylation sites (N-methyl/N-ethyl adjacent to an activating group) is 2. The summed E-state index contributed by atoms with van der Waals surface area (Å²) in [6.07, 6.45) is 0.625. The lowest BCUT2D eigenvalue weighted by molar-refractivity contribution is 0.0783. The number of nitrogens with one attached hydrogen (secondary N) is 2. The van der Waals surface area contributed by atoms with E-state index in [4.69, 9.17) is 4.42 Å². The molecule has 3 N–H and O–H groups in total. The summed E-state index contributed by atoms with van der Waals surface area (Å²) in [6.45, 7) is 4.92. The molecule has 0 unspecified atom stereocenters. The number of benzene rings is 1. The second-order valence-corrected chi connectivity index (χ2v) is 8.32. The third-order valence-corrected chi connectivity index (χ3v) is 5.50. The summed E-state index contributed by atoms with van der Waals surface area (Å²) >= 11 is 0. The second-order valence-electron chi connectivity index (χ2n) is 8.32. The Labute approximate surface area is 192 Å². The van der Waals surface area contributed by atoms with Gasteiger partial charge in [0.25, 0.3) is 16.8 Å². The van der Waals surface area contributed by atoms with Gasteiger partial charge in [-0.1, -0.05) is 13.0 Å². The summed E-state index contributed by atoms with van der Waals surface area (Å²) in [5, 5.41) is 16.6. The third-order valence-electron chi connectivity index (χ3n) is 5.50. The van der Waals surface area contributed by atoms with E-state index in [0.717, 1.165) is 5.76 Å². The number of hydrogen-bond donors (Lipinski definition) is 3. The number of hydrogen-bond acceptors (Lipinski definition) is 8. The van der Waals surface area contributed by atoms with Crippen LogP contribution in [0.15, 0.2) is 44.3 Å². The second kappa shape index (κ2) is 9.91. The summed E-state index contributed by atoms with van der Waals surface area (Å²) in [7, 11) is 5.48. The molecule has 9 heteroatoms. The van der Waals surface area contributed by atoms with Crippen molar-refractivity contribution in [3.63, 3.8) is 0 Å². The van der Waals surface area contributed by atoms with Crippen LogP contribution in [-0.2, 0) is 0 Å². The van der Waals surface area contributed by atoms with Crippen molar-refractivity contribution in [1.29, 1.82) is 0 Å². The first-order chi connectivity index (χ1) is 15.6. The van der Waals surface area contributed by atoms with Crippen LogP contribution < -0.4 is 21.5 Å². The van der Waals surface area contributed by atoms with E-state index in [9.17, 15) is 19.5 Å². The van der Waals surface area contributed by atoms with E-state index in [2.05, 4.69) is 10.6 Å². The maximum absolute atomic E-state index is 12.8. The zero-order chi connectivity index (χ0) is 24.3. The lowest BCUT2D eigenvalue weighted by atomic mass is 10.1. The number of phenols is 1. The zero-order valence-corrected chi connectivity index (χ0v) is 19.6. The van der Waals surface area contributed by atoms with Crippen LogP contribution in [0.25, 0.3) is 0 Å². The number of amides is 1. The molecule has 0 spiro atoms. The lowest BCUT2D eigenvalue weighted by Gasteiger charge is -2.22. The largest absolute Gasteiger partial charge is 0.505 e. The molecule has 0 aliphatic carbocycles. The summed E-state index contributed by atoms with van der Waals surface area (Å²) in [6, 6.07) is 8.02. The standard InChI is InChI=1S/C24H30N4O5/c1-6-16(18-11-10-14(2)33-18)25-19-20(23(31)22(19)30)26-17-9-7-8-15(21(17)29)24(32)28(5)13-12-27(3)4/h7-11,16,25-26,29H,6,12-13H2,1-5H3/t16-/m1/s1. The average molecular weight is 455 g/mol. The number of para-hydroxylation sites is 1. The van der Waals surface area contributed by atoms with E-state index in [1.807, 2.05) is 45.0 Å². The normalized spacial score (nSPS) is 12.2. The summed E-state index contributed by atoms with van der Waals surface area (Å²) in [5.74, 6) is 0.772. The topological polar surface area (TPSA) is 115 Å². The number of nitrogens with zero attached hydrogens (tertiary/aromatic N) is 2. The molecular formula is C24H30N4O5. The molecular weight excluding hydrogens is 424 g/mol. The van der Waals surface area contributed by atoms with Crippen molar-refractivity contribution in [2.24, 2.45) is 0 Å². The SMILES string of the molecule is CC[C@@H](Nc1c(Nc2cccc(C(=O)N(C)CCN(C)C)c2O)c(=O)c1=O)c1ccc(C)o1. The fourth-order valence-corrected chi connectivity index (χ4v) is 3.45. The van der Waals surface area contributed by atoms with E-state index >= 15 is 0 Å². The van der Waals surface area contributed by atoms with E-state index in [0.29, 0.717) is 25.3 Å². The number of aryl methyl sites for hydroxylation is 1. The van der Waals surface area contributed by atoms with Gasteiger partial charge in [0.1, 0.15) is 22.9 Å². The van der Waals surface area contributed by atoms with Crippen LogP contribution in [0.1, 0.15) is 41.3 Å². The van der Waals surface area contributed by atoms with Gasteiger partial charge in [-0.15, -0.1) is 0 Å². The highest BCUT2D eigenvalue weighted by atomic mass is 16.3. The minimum atomic E-state index is -0.692. The van der Waals surface area contributed by atoms with Crippen LogP contribution in [0.5, 0.6) is 5.75 Å². The van der Waals surface area contributed by atoms with Gasteiger partial charge in [0.2, 0.25) is 0 Å². The summed E-state index contributed by atoms with van der Waals surface area (Å²) in [4.78, 5) is 40.8. The van der Waals surface area contributed by atoms with E-state index in [1.165, 1.54) is 11.0 Å². The molecule has 0 aliphatic rings. The van der Waals surface area contributed by atoms with Crippen LogP contribution in [0.4, 0.5) is 17.1 Å². The molecule has 0 aliphatic heterocycles. The maximum Gasteiger partial charge on any atom is 0.257 e. The minimum absolute atomic E-state index is 0.0441. The Morgan fingerprint density at radius 3 is 2.36 bits per heavy atom. The molecule has 176 valence electrons. The van der Waals surface area contributed by atoms with Crippen LogP contribution in [0, 0.1) is 6.92 Å². The number of aromatic hydroxyl groups is 1. The van der Waals surface area contributed by atoms with Crippen molar-refractivity contribution < 1.29 is 14.3 Å². The Hall–Kier alpha value is -3.59. The fourth-order valence-electron chi connectivity index (χ4n) is 3.45. The molecule has 1 aromatic heterocycles. The molecule has 1 heterocycles. The van der Waals surface area contributed by atoms with Crippen LogP contribution in [0.3, 0.4) is 0 Å². The van der Waals surface area contributed by atoms with Gasteiger partial charge in [-0.2, -0.15) is 0 Å². The Balaban J connectivity index is 1.83. The highest BCUT2D eigenvalue weighted by Crippen LogP contribution is 2.33. The number of anilines is 3. The molecule has 0 radical (unpaired) electrons. The smallest absolute Gasteiger partial charge is 0.257 e. The average Bonchev–Trinajstić information content (AvgIpc) is 3.23. The van der Waals surface area contributed by atoms with E-state index < -0.39 is 10.9 Å². The quantitative estimate of drug-likeness (QED) is 0.316. The highest BCUT2D eigenvalue weighted by molar-refractivity contribution is 5.99. The Morgan fingerprint density at radius 2 is 1.76 bits per heavy atom. The molecule has 1 atom stereocenters. The van der Waals surface area contributed by atoms with Crippen molar-refractivity contribution in [2.45, 2.75) is 26.3 Å². The van der Waals surface area contributed by atoms with Crippen molar-refractivity contribution in [1.82, 2.24) is 9.80 Å². The molecule has 33 heavy (non-hydrogen) atoms. The van der Waals surface area contributed by atoms with Gasteiger partial charge in [0, 0.05) is 20.1 Å². The van der Waals surface area contributed by atoms with Gasteiger partial charge in [-0.3, -0.25) is 14.4 Å². The van der Waals surface area contributed by atoms with Gasteiger partial charge >= 0.3 is 0 Å². The number of carbonyl (C=O) groups is 1. The molecule has 9 nitrogen and oxygen atoms in total. The number of furan rings is 1. The Bertz CT molecular complexity index is 1210. The molecule has 2 aromatic carbocycles. The predicted octanol–water partition coefficient (Wildman–Crippen LogP) is 2.83. The van der Waals surface area contributed by atoms with E-state index in [1.54, 1.807) is 19.2 Å². The van der Waals surface area contributed by atoms with Crippen molar-refractivity contribution in [3.8, 4) is 5.75 Å². The first-order valence-corrected chi connectivity index (χ1v) is 10.8. The highest BCUT2D eigenvalue weighted by Gasteiger charge is 2.26. The van der Waals surface area contributed by atoms with Crippen LogP contribution in [0.2, 0.25) is 0 Å². The fraction of sp³-hybridized carbons (Fsp3) is 0.375. The summed E-state index contributed by atoms with van der Waals surface area (Å²) in [5.41, 5.74) is -0.898. The first kappa shape index (κ1) is 24.1. The van der Waals surface area contributed by atoms with Gasteiger partial charge in [0.05, 0.1) is 17.3 Å². The minimum Gasteiger partial charge on any atom is -0.505 e. The van der Waals surface area contributed by atoms with Gasteiger partial charge in [-0.05, 0) is 51.7 Å². The van der Waals surface area contributed by atoms with Crippen molar-refractivity contribution in [3.05, 3.63) is 67.9 Å². The van der Waals surface area contributed by atoms with Crippen molar-refractivity contribution in [2.75, 3.05) is 44.9 Å². The van der Waals surface area contributed by atoms with Gasteiger partial charge < -0.3 is 30.0 Å². The van der Waals surface area contributed by atoms with Crippen LogP contribution >= 0.6 is 0 Å². The molecule has 1 amide bonds. The molecule has 0 saturated heterocycles. The molecule has 0 bridgehead atoms. The molecule has 3 aromatic rings. The monoisotopic (exact) mass is 454 g/mol. The van der Waals surface area contributed by atoms with Gasteiger partial charge in [-0.25, -0.2) is 0 Å². The zero-order valence-electron chi connectivity index (χ0n) is 19.6. The Morgan fingerprint density at radius 1 is 1.06 bits per heavy atom. The summed E-state index contributed by atoms with van der Waals surface area (Å²) < 4.78 is 5.65. The molecule has 0 saturated carbocycles. The lowest BCUT2D eigenvalue weighted by Crippen LogP contribution is -2.37. The number of carbonyl (C=O) groups excluding carboxylic acids is 1. The predicted molar refractivity (Wildman–Crippen MR) is 128 cm³/mol. The number of phenolic OH excluding ortho intramolecular Hbond substituents is 1.